The molecule has 2 unspecified atom stereocenters. The van der Waals surface area contributed by atoms with Crippen LogP contribution in [-0.4, -0.2) is 12.1 Å². The van der Waals surface area contributed by atoms with E-state index in [1.807, 2.05) is 0 Å². The Labute approximate surface area is 166 Å². The van der Waals surface area contributed by atoms with Crippen molar-refractivity contribution >= 4 is 0 Å². The summed E-state index contributed by atoms with van der Waals surface area (Å²) in [5.41, 5.74) is 12.3. The first kappa shape index (κ1) is 25.9. The van der Waals surface area contributed by atoms with Crippen molar-refractivity contribution in [3.05, 3.63) is 0 Å². The molecule has 2 atom stereocenters. The summed E-state index contributed by atoms with van der Waals surface area (Å²) in [7, 11) is 0. The van der Waals surface area contributed by atoms with E-state index in [1.165, 1.54) is 109 Å². The second-order valence-electron chi connectivity index (χ2n) is 8.64. The lowest BCUT2D eigenvalue weighted by atomic mass is 9.99. The summed E-state index contributed by atoms with van der Waals surface area (Å²) in [6, 6.07) is 0.638. The Bertz CT molecular complexity index is 255. The van der Waals surface area contributed by atoms with Crippen molar-refractivity contribution in [2.75, 3.05) is 0 Å². The van der Waals surface area contributed by atoms with Crippen molar-refractivity contribution in [2.24, 2.45) is 11.5 Å². The van der Waals surface area contributed by atoms with E-state index in [9.17, 15) is 0 Å². The van der Waals surface area contributed by atoms with Gasteiger partial charge >= 0.3 is 0 Å². The standard InChI is InChI=1S/C24H52N2/c1-3-5-6-7-8-9-10-11-12-13-14-15-16-17-18-19-21-24(26)22-23(25)20-4-2/h23-24H,3-22,25-26H2,1-2H3. The molecule has 0 fully saturated rings. The minimum absolute atomic E-state index is 0.316. The first-order valence-corrected chi connectivity index (χ1v) is 12.2. The van der Waals surface area contributed by atoms with Crippen molar-refractivity contribution in [3.63, 3.8) is 0 Å². The third-order valence-electron chi connectivity index (χ3n) is 5.69. The summed E-state index contributed by atoms with van der Waals surface area (Å²) in [6.45, 7) is 4.49. The fraction of sp³-hybridized carbons (Fsp3) is 1.00. The van der Waals surface area contributed by atoms with Crippen LogP contribution in [0.3, 0.4) is 0 Å². The lowest BCUT2D eigenvalue weighted by Gasteiger charge is -2.16. The van der Waals surface area contributed by atoms with Gasteiger partial charge in [-0.15, -0.1) is 0 Å². The van der Waals surface area contributed by atoms with Gasteiger partial charge in [0, 0.05) is 12.1 Å². The van der Waals surface area contributed by atoms with Crippen LogP contribution in [0.5, 0.6) is 0 Å². The number of unbranched alkanes of at least 4 members (excludes halogenated alkanes) is 15. The van der Waals surface area contributed by atoms with Crippen LogP contribution in [0.1, 0.15) is 142 Å². The summed E-state index contributed by atoms with van der Waals surface area (Å²) < 4.78 is 0. The van der Waals surface area contributed by atoms with Crippen LogP contribution in [-0.2, 0) is 0 Å². The Balaban J connectivity index is 3.13. The molecule has 0 aromatic heterocycles. The Morgan fingerprint density at radius 3 is 1.15 bits per heavy atom. The van der Waals surface area contributed by atoms with Crippen LogP contribution in [0.25, 0.3) is 0 Å². The van der Waals surface area contributed by atoms with Crippen LogP contribution in [0.2, 0.25) is 0 Å². The van der Waals surface area contributed by atoms with Gasteiger partial charge in [-0.25, -0.2) is 0 Å². The molecule has 0 aromatic rings. The van der Waals surface area contributed by atoms with E-state index in [0.29, 0.717) is 12.1 Å². The Kier molecular flexibility index (Phi) is 21.2. The first-order valence-electron chi connectivity index (χ1n) is 12.2. The van der Waals surface area contributed by atoms with Gasteiger partial charge in [-0.3, -0.25) is 0 Å². The number of nitrogens with two attached hydrogens (primary N) is 2. The highest BCUT2D eigenvalue weighted by Crippen LogP contribution is 2.14. The molecule has 2 heteroatoms. The van der Waals surface area contributed by atoms with Gasteiger partial charge in [0.05, 0.1) is 0 Å². The fourth-order valence-electron chi connectivity index (χ4n) is 3.95. The zero-order chi connectivity index (χ0) is 19.3. The molecule has 0 bridgehead atoms. The quantitative estimate of drug-likeness (QED) is 0.206. The van der Waals surface area contributed by atoms with E-state index in [-0.39, 0.29) is 0 Å². The van der Waals surface area contributed by atoms with Gasteiger partial charge in [0.25, 0.3) is 0 Å². The molecule has 4 N–H and O–H groups in total. The molecule has 0 aromatic carbocycles. The Hall–Kier alpha value is -0.0800. The molecular formula is C24H52N2. The average Bonchev–Trinajstić information content (AvgIpc) is 2.61. The van der Waals surface area contributed by atoms with Crippen LogP contribution in [0.4, 0.5) is 0 Å². The van der Waals surface area contributed by atoms with E-state index >= 15 is 0 Å². The van der Waals surface area contributed by atoms with Gasteiger partial charge in [-0.2, -0.15) is 0 Å². The highest BCUT2D eigenvalue weighted by atomic mass is 14.7. The zero-order valence-electron chi connectivity index (χ0n) is 18.5. The van der Waals surface area contributed by atoms with Crippen molar-refractivity contribution in [2.45, 2.75) is 154 Å². The van der Waals surface area contributed by atoms with Gasteiger partial charge in [-0.1, -0.05) is 123 Å². The predicted octanol–water partition coefficient (Wildman–Crippen LogP) is 7.48. The van der Waals surface area contributed by atoms with Gasteiger partial charge in [-0.05, 0) is 19.3 Å². The lowest BCUT2D eigenvalue weighted by Crippen LogP contribution is -2.31. The lowest BCUT2D eigenvalue weighted by molar-refractivity contribution is 0.452. The molecule has 0 spiro atoms. The minimum atomic E-state index is 0.316. The van der Waals surface area contributed by atoms with E-state index < -0.39 is 0 Å². The highest BCUT2D eigenvalue weighted by Gasteiger charge is 2.08. The molecule has 0 heterocycles. The van der Waals surface area contributed by atoms with E-state index in [0.717, 1.165) is 19.3 Å². The maximum Gasteiger partial charge on any atom is 0.00535 e. The minimum Gasteiger partial charge on any atom is -0.328 e. The monoisotopic (exact) mass is 368 g/mol. The Morgan fingerprint density at radius 2 is 0.769 bits per heavy atom. The molecule has 0 amide bonds. The Morgan fingerprint density at radius 1 is 0.423 bits per heavy atom. The van der Waals surface area contributed by atoms with E-state index in [2.05, 4.69) is 13.8 Å². The summed E-state index contributed by atoms with van der Waals surface area (Å²) >= 11 is 0. The predicted molar refractivity (Wildman–Crippen MR) is 120 cm³/mol. The van der Waals surface area contributed by atoms with Gasteiger partial charge in [0.15, 0.2) is 0 Å². The third-order valence-corrected chi connectivity index (χ3v) is 5.69. The SMILES string of the molecule is CCCCCCCCCCCCCCCCCCC(N)CC(N)CCC. The molecule has 158 valence electrons. The second kappa shape index (κ2) is 21.2. The van der Waals surface area contributed by atoms with Crippen LogP contribution < -0.4 is 11.5 Å². The molecule has 0 aliphatic carbocycles. The number of hydrogen-bond acceptors (Lipinski definition) is 2. The summed E-state index contributed by atoms with van der Waals surface area (Å²) in [5, 5.41) is 0. The maximum atomic E-state index is 6.19. The van der Waals surface area contributed by atoms with Crippen LogP contribution >= 0.6 is 0 Å². The van der Waals surface area contributed by atoms with Gasteiger partial charge in [0.2, 0.25) is 0 Å². The van der Waals surface area contributed by atoms with Crippen molar-refractivity contribution in [3.8, 4) is 0 Å². The topological polar surface area (TPSA) is 52.0 Å². The first-order chi connectivity index (χ1) is 12.7. The van der Waals surface area contributed by atoms with Gasteiger partial charge < -0.3 is 11.5 Å². The summed E-state index contributed by atoms with van der Waals surface area (Å²) in [4.78, 5) is 0. The molecular weight excluding hydrogens is 316 g/mol. The average molecular weight is 369 g/mol. The number of rotatable bonds is 21. The van der Waals surface area contributed by atoms with Crippen molar-refractivity contribution < 1.29 is 0 Å². The molecule has 0 radical (unpaired) electrons. The van der Waals surface area contributed by atoms with Gasteiger partial charge in [0.1, 0.15) is 0 Å². The molecule has 0 rings (SSSR count). The van der Waals surface area contributed by atoms with Crippen LogP contribution in [0.15, 0.2) is 0 Å². The van der Waals surface area contributed by atoms with Crippen LogP contribution in [0, 0.1) is 0 Å². The molecule has 0 saturated carbocycles. The van der Waals surface area contributed by atoms with Crippen molar-refractivity contribution in [1.82, 2.24) is 0 Å². The normalized spacial score (nSPS) is 13.8. The molecule has 26 heavy (non-hydrogen) atoms. The van der Waals surface area contributed by atoms with Crippen molar-refractivity contribution in [1.29, 1.82) is 0 Å². The smallest absolute Gasteiger partial charge is 0.00535 e. The fourth-order valence-corrected chi connectivity index (χ4v) is 3.95. The van der Waals surface area contributed by atoms with E-state index in [4.69, 9.17) is 11.5 Å². The molecule has 0 aliphatic rings. The summed E-state index contributed by atoms with van der Waals surface area (Å²) in [5.74, 6) is 0. The molecule has 0 saturated heterocycles. The molecule has 2 nitrogen and oxygen atoms in total. The number of hydrogen-bond donors (Lipinski definition) is 2. The zero-order valence-corrected chi connectivity index (χ0v) is 18.5. The third kappa shape index (κ3) is 20.2. The highest BCUT2D eigenvalue weighted by molar-refractivity contribution is 4.70. The summed E-state index contributed by atoms with van der Waals surface area (Å²) in [6.07, 6.45) is 27.3. The molecule has 0 aliphatic heterocycles. The largest absolute Gasteiger partial charge is 0.328 e. The maximum absolute atomic E-state index is 6.19. The second-order valence-corrected chi connectivity index (χ2v) is 8.64. The van der Waals surface area contributed by atoms with E-state index in [1.54, 1.807) is 0 Å².